The van der Waals surface area contributed by atoms with Crippen LogP contribution < -0.4 is 10.2 Å². The number of halogens is 1. The Morgan fingerprint density at radius 1 is 1.22 bits per heavy atom. The number of hydrogen-bond acceptors (Lipinski definition) is 3. The first-order chi connectivity index (χ1) is 11.2. The van der Waals surface area contributed by atoms with Gasteiger partial charge in [-0.2, -0.15) is 0 Å². The van der Waals surface area contributed by atoms with Crippen molar-refractivity contribution in [3.05, 3.63) is 59.4 Å². The van der Waals surface area contributed by atoms with Crippen LogP contribution >= 0.6 is 11.6 Å². The molecule has 4 nitrogen and oxygen atoms in total. The highest BCUT2D eigenvalue weighted by atomic mass is 35.5. The van der Waals surface area contributed by atoms with Gasteiger partial charge < -0.3 is 10.2 Å². The van der Waals surface area contributed by atoms with Gasteiger partial charge in [0, 0.05) is 25.8 Å². The fourth-order valence-corrected chi connectivity index (χ4v) is 3.14. The maximum atomic E-state index is 12.2. The number of piperidine rings is 1. The maximum absolute atomic E-state index is 12.2. The molecule has 1 aliphatic heterocycles. The average molecular weight is 330 g/mol. The molecule has 1 N–H and O–H groups in total. The third-order valence-corrected chi connectivity index (χ3v) is 4.62. The standard InChI is InChI=1S/C18H20ClN3O/c19-17-6-2-1-5-16(17)18(23)21-12-14-7-10-22(11-8-14)15-4-3-9-20-13-15/h1-6,9,13-14H,7-8,10-12H2,(H,21,23). The first-order valence-corrected chi connectivity index (χ1v) is 8.29. The van der Waals surface area contributed by atoms with E-state index in [-0.39, 0.29) is 5.91 Å². The molecular weight excluding hydrogens is 310 g/mol. The number of rotatable bonds is 4. The smallest absolute Gasteiger partial charge is 0.252 e. The number of nitrogens with one attached hydrogen (secondary N) is 1. The van der Waals surface area contributed by atoms with Crippen molar-refractivity contribution in [1.82, 2.24) is 10.3 Å². The molecule has 0 radical (unpaired) electrons. The lowest BCUT2D eigenvalue weighted by Crippen LogP contribution is -2.38. The SMILES string of the molecule is O=C(NCC1CCN(c2cccnc2)CC1)c1ccccc1Cl. The summed E-state index contributed by atoms with van der Waals surface area (Å²) in [6, 6.07) is 11.2. The Balaban J connectivity index is 1.48. The van der Waals surface area contributed by atoms with E-state index in [0.29, 0.717) is 23.0 Å². The number of carbonyl (C=O) groups is 1. The van der Waals surface area contributed by atoms with Gasteiger partial charge in [0.15, 0.2) is 0 Å². The molecule has 1 aliphatic rings. The molecule has 0 aliphatic carbocycles. The minimum atomic E-state index is -0.0923. The normalized spacial score (nSPS) is 15.4. The number of pyridine rings is 1. The summed E-state index contributed by atoms with van der Waals surface area (Å²) in [7, 11) is 0. The number of nitrogens with zero attached hydrogens (tertiary/aromatic N) is 2. The number of anilines is 1. The van der Waals surface area contributed by atoms with Crippen molar-refractivity contribution in [2.24, 2.45) is 5.92 Å². The van der Waals surface area contributed by atoms with E-state index in [2.05, 4.69) is 21.3 Å². The van der Waals surface area contributed by atoms with Crippen LogP contribution in [0.1, 0.15) is 23.2 Å². The van der Waals surface area contributed by atoms with E-state index in [0.717, 1.165) is 25.9 Å². The maximum Gasteiger partial charge on any atom is 0.252 e. The molecule has 5 heteroatoms. The van der Waals surface area contributed by atoms with Gasteiger partial charge >= 0.3 is 0 Å². The Labute approximate surface area is 141 Å². The number of aromatic nitrogens is 1. The second-order valence-electron chi connectivity index (χ2n) is 5.83. The fraction of sp³-hybridized carbons (Fsp3) is 0.333. The van der Waals surface area contributed by atoms with Gasteiger partial charge in [0.05, 0.1) is 22.5 Å². The zero-order valence-corrected chi connectivity index (χ0v) is 13.7. The van der Waals surface area contributed by atoms with Crippen LogP contribution in [0.4, 0.5) is 5.69 Å². The van der Waals surface area contributed by atoms with Crippen molar-refractivity contribution in [3.8, 4) is 0 Å². The van der Waals surface area contributed by atoms with Crippen molar-refractivity contribution in [3.63, 3.8) is 0 Å². The summed E-state index contributed by atoms with van der Waals surface area (Å²) in [6.45, 7) is 2.70. The number of amides is 1. The van der Waals surface area contributed by atoms with Crippen LogP contribution in [0.2, 0.25) is 5.02 Å². The molecule has 120 valence electrons. The van der Waals surface area contributed by atoms with Crippen LogP contribution in [0.5, 0.6) is 0 Å². The van der Waals surface area contributed by atoms with Crippen LogP contribution in [0, 0.1) is 5.92 Å². The Morgan fingerprint density at radius 3 is 2.70 bits per heavy atom. The van der Waals surface area contributed by atoms with Gasteiger partial charge in [-0.3, -0.25) is 9.78 Å². The van der Waals surface area contributed by atoms with Gasteiger partial charge in [-0.1, -0.05) is 23.7 Å². The molecule has 2 heterocycles. The summed E-state index contributed by atoms with van der Waals surface area (Å²) >= 11 is 6.05. The van der Waals surface area contributed by atoms with Crippen LogP contribution in [-0.4, -0.2) is 30.5 Å². The fourth-order valence-electron chi connectivity index (χ4n) is 2.91. The highest BCUT2D eigenvalue weighted by Gasteiger charge is 2.20. The van der Waals surface area contributed by atoms with E-state index >= 15 is 0 Å². The lowest BCUT2D eigenvalue weighted by atomic mass is 9.96. The van der Waals surface area contributed by atoms with Crippen LogP contribution in [0.3, 0.4) is 0 Å². The van der Waals surface area contributed by atoms with E-state index in [9.17, 15) is 4.79 Å². The van der Waals surface area contributed by atoms with E-state index in [1.807, 2.05) is 24.4 Å². The zero-order valence-electron chi connectivity index (χ0n) is 12.9. The number of carbonyl (C=O) groups excluding carboxylic acids is 1. The summed E-state index contributed by atoms with van der Waals surface area (Å²) in [6.07, 6.45) is 5.83. The summed E-state index contributed by atoms with van der Waals surface area (Å²) in [5, 5.41) is 3.51. The predicted molar refractivity (Wildman–Crippen MR) is 93.0 cm³/mol. The Hall–Kier alpha value is -2.07. The minimum Gasteiger partial charge on any atom is -0.370 e. The van der Waals surface area contributed by atoms with E-state index in [1.54, 1.807) is 18.3 Å². The molecule has 23 heavy (non-hydrogen) atoms. The predicted octanol–water partition coefficient (Wildman–Crippen LogP) is 3.38. The average Bonchev–Trinajstić information content (AvgIpc) is 2.61. The number of benzene rings is 1. The molecular formula is C18H20ClN3O. The van der Waals surface area contributed by atoms with Crippen molar-refractivity contribution in [2.45, 2.75) is 12.8 Å². The Kier molecular flexibility index (Phi) is 5.13. The summed E-state index contributed by atoms with van der Waals surface area (Å²) in [4.78, 5) is 18.7. The van der Waals surface area contributed by atoms with Crippen LogP contribution in [-0.2, 0) is 0 Å². The first-order valence-electron chi connectivity index (χ1n) is 7.92. The summed E-state index contributed by atoms with van der Waals surface area (Å²) in [5.41, 5.74) is 1.72. The lowest BCUT2D eigenvalue weighted by Gasteiger charge is -2.33. The van der Waals surface area contributed by atoms with Crippen molar-refractivity contribution < 1.29 is 4.79 Å². The van der Waals surface area contributed by atoms with E-state index in [1.165, 1.54) is 5.69 Å². The van der Waals surface area contributed by atoms with Gasteiger partial charge in [0.1, 0.15) is 0 Å². The molecule has 1 aromatic carbocycles. The third-order valence-electron chi connectivity index (χ3n) is 4.30. The molecule has 2 aromatic rings. The second-order valence-corrected chi connectivity index (χ2v) is 6.24. The molecule has 1 fully saturated rings. The Bertz CT molecular complexity index is 654. The van der Waals surface area contributed by atoms with Gasteiger partial charge in [-0.25, -0.2) is 0 Å². The number of hydrogen-bond donors (Lipinski definition) is 1. The van der Waals surface area contributed by atoms with E-state index in [4.69, 9.17) is 11.6 Å². The van der Waals surface area contributed by atoms with Gasteiger partial charge in [0.25, 0.3) is 5.91 Å². The first kappa shape index (κ1) is 15.8. The highest BCUT2D eigenvalue weighted by Crippen LogP contribution is 2.22. The molecule has 0 saturated carbocycles. The van der Waals surface area contributed by atoms with E-state index < -0.39 is 0 Å². The van der Waals surface area contributed by atoms with Crippen molar-refractivity contribution in [1.29, 1.82) is 0 Å². The highest BCUT2D eigenvalue weighted by molar-refractivity contribution is 6.33. The largest absolute Gasteiger partial charge is 0.370 e. The van der Waals surface area contributed by atoms with Crippen LogP contribution in [0.25, 0.3) is 0 Å². The quantitative estimate of drug-likeness (QED) is 0.935. The molecule has 0 unspecified atom stereocenters. The molecule has 0 bridgehead atoms. The van der Waals surface area contributed by atoms with Gasteiger partial charge in [-0.15, -0.1) is 0 Å². The Morgan fingerprint density at radius 2 is 2.00 bits per heavy atom. The van der Waals surface area contributed by atoms with Crippen LogP contribution in [0.15, 0.2) is 48.8 Å². The van der Waals surface area contributed by atoms with Gasteiger partial charge in [0.2, 0.25) is 0 Å². The summed E-state index contributed by atoms with van der Waals surface area (Å²) < 4.78 is 0. The second kappa shape index (κ2) is 7.47. The van der Waals surface area contributed by atoms with Crippen molar-refractivity contribution in [2.75, 3.05) is 24.5 Å². The molecule has 0 spiro atoms. The van der Waals surface area contributed by atoms with Crippen molar-refractivity contribution >= 4 is 23.2 Å². The van der Waals surface area contributed by atoms with Gasteiger partial charge in [-0.05, 0) is 43.0 Å². The topological polar surface area (TPSA) is 45.2 Å². The lowest BCUT2D eigenvalue weighted by molar-refractivity contribution is 0.0945. The summed E-state index contributed by atoms with van der Waals surface area (Å²) in [5.74, 6) is 0.416. The minimum absolute atomic E-state index is 0.0923. The zero-order chi connectivity index (χ0) is 16.1. The third kappa shape index (κ3) is 4.02. The molecule has 3 rings (SSSR count). The monoisotopic (exact) mass is 329 g/mol. The molecule has 1 saturated heterocycles. The molecule has 1 amide bonds. The molecule has 1 aromatic heterocycles. The molecule has 0 atom stereocenters.